The average molecular weight is 325 g/mol. The number of carbonyl (C=O) groups is 1. The Balaban J connectivity index is 1.63. The van der Waals surface area contributed by atoms with Crippen LogP contribution < -0.4 is 10.9 Å². The second-order valence-electron chi connectivity index (χ2n) is 4.89. The van der Waals surface area contributed by atoms with Crippen LogP contribution in [0.2, 0.25) is 5.15 Å². The molecule has 0 bridgehead atoms. The van der Waals surface area contributed by atoms with E-state index >= 15 is 0 Å². The van der Waals surface area contributed by atoms with Gasteiger partial charge >= 0.3 is 0 Å². The van der Waals surface area contributed by atoms with Crippen LogP contribution in [-0.2, 0) is 4.79 Å². The van der Waals surface area contributed by atoms with Crippen LogP contribution in [0.15, 0.2) is 30.6 Å². The number of anilines is 1. The fourth-order valence-electron chi connectivity index (χ4n) is 2.29. The summed E-state index contributed by atoms with van der Waals surface area (Å²) in [6.07, 6.45) is 3.21. The van der Waals surface area contributed by atoms with Gasteiger partial charge in [0.25, 0.3) is 0 Å². The van der Waals surface area contributed by atoms with E-state index in [1.165, 1.54) is 30.6 Å². The Morgan fingerprint density at radius 3 is 2.59 bits per heavy atom. The second-order valence-corrected chi connectivity index (χ2v) is 5.25. The molecule has 0 spiro atoms. The Kier molecular flexibility index (Phi) is 3.89. The number of nitrogens with one attached hydrogen (secondary N) is 2. The molecule has 22 heavy (non-hydrogen) atoms. The zero-order valence-corrected chi connectivity index (χ0v) is 11.9. The maximum absolute atomic E-state index is 13.7. The van der Waals surface area contributed by atoms with Crippen molar-refractivity contribution in [2.45, 2.75) is 12.3 Å². The molecule has 1 aliphatic carbocycles. The van der Waals surface area contributed by atoms with Gasteiger partial charge in [-0.3, -0.25) is 15.6 Å². The van der Waals surface area contributed by atoms with Crippen LogP contribution in [0.25, 0.3) is 0 Å². The number of nitrogens with zero attached hydrogens (tertiary/aromatic N) is 2. The van der Waals surface area contributed by atoms with Gasteiger partial charge in [-0.2, -0.15) is 0 Å². The summed E-state index contributed by atoms with van der Waals surface area (Å²) < 4.78 is 27.3. The molecule has 0 radical (unpaired) electrons. The summed E-state index contributed by atoms with van der Waals surface area (Å²) in [7, 11) is 0. The van der Waals surface area contributed by atoms with Gasteiger partial charge in [0.1, 0.15) is 11.6 Å². The SMILES string of the molecule is O=C(NNc1nccnc1Cl)[C@H]1C[C@H]1c1c(F)cccc1F. The van der Waals surface area contributed by atoms with Crippen molar-refractivity contribution in [3.63, 3.8) is 0 Å². The Morgan fingerprint density at radius 1 is 1.23 bits per heavy atom. The Bertz CT molecular complexity index is 707. The van der Waals surface area contributed by atoms with Gasteiger partial charge in [0.2, 0.25) is 5.91 Å². The summed E-state index contributed by atoms with van der Waals surface area (Å²) in [6.45, 7) is 0. The number of hydrogen-bond acceptors (Lipinski definition) is 4. The van der Waals surface area contributed by atoms with Crippen LogP contribution in [0, 0.1) is 17.6 Å². The Hall–Kier alpha value is -2.28. The molecule has 2 atom stereocenters. The second kappa shape index (κ2) is 5.84. The number of hydrogen-bond donors (Lipinski definition) is 2. The van der Waals surface area contributed by atoms with Crippen molar-refractivity contribution in [2.75, 3.05) is 5.43 Å². The van der Waals surface area contributed by atoms with Gasteiger partial charge in [0.05, 0.1) is 0 Å². The van der Waals surface area contributed by atoms with E-state index < -0.39 is 23.5 Å². The van der Waals surface area contributed by atoms with E-state index in [2.05, 4.69) is 20.8 Å². The zero-order valence-electron chi connectivity index (χ0n) is 11.2. The molecule has 3 rings (SSSR count). The maximum Gasteiger partial charge on any atom is 0.242 e. The summed E-state index contributed by atoms with van der Waals surface area (Å²) in [5.41, 5.74) is 4.92. The molecule has 5 nitrogen and oxygen atoms in total. The summed E-state index contributed by atoms with van der Waals surface area (Å²) in [4.78, 5) is 19.7. The van der Waals surface area contributed by atoms with Crippen LogP contribution in [0.5, 0.6) is 0 Å². The number of amides is 1. The van der Waals surface area contributed by atoms with Crippen molar-refractivity contribution in [3.8, 4) is 0 Å². The van der Waals surface area contributed by atoms with E-state index in [1.807, 2.05) is 0 Å². The first kappa shape index (κ1) is 14.6. The standard InChI is InChI=1S/C14H11ClF2N4O/c15-12-13(19-5-4-18-12)20-21-14(22)8-6-7(8)11-9(16)2-1-3-10(11)17/h1-5,7-8H,6H2,(H,19,20)(H,21,22)/t7-,8+/m1/s1. The van der Waals surface area contributed by atoms with Crippen LogP contribution >= 0.6 is 11.6 Å². The number of aromatic nitrogens is 2. The summed E-state index contributed by atoms with van der Waals surface area (Å²) in [5.74, 6) is -2.40. The van der Waals surface area contributed by atoms with E-state index in [0.29, 0.717) is 6.42 Å². The lowest BCUT2D eigenvalue weighted by Crippen LogP contribution is -2.31. The monoisotopic (exact) mass is 324 g/mol. The molecule has 8 heteroatoms. The zero-order chi connectivity index (χ0) is 15.7. The van der Waals surface area contributed by atoms with Gasteiger partial charge in [-0.25, -0.2) is 18.7 Å². The van der Waals surface area contributed by atoms with Crippen LogP contribution in [0.4, 0.5) is 14.6 Å². The van der Waals surface area contributed by atoms with Crippen LogP contribution in [0.1, 0.15) is 17.9 Å². The highest BCUT2D eigenvalue weighted by Crippen LogP contribution is 2.49. The smallest absolute Gasteiger partial charge is 0.242 e. The molecule has 2 aromatic rings. The van der Waals surface area contributed by atoms with Gasteiger partial charge in [-0.1, -0.05) is 17.7 Å². The highest BCUT2D eigenvalue weighted by Gasteiger charge is 2.46. The first-order valence-corrected chi connectivity index (χ1v) is 6.92. The quantitative estimate of drug-likeness (QED) is 0.849. The molecule has 1 aromatic carbocycles. The molecule has 2 N–H and O–H groups in total. The van der Waals surface area contributed by atoms with Gasteiger partial charge in [-0.15, -0.1) is 0 Å². The van der Waals surface area contributed by atoms with E-state index in [9.17, 15) is 13.6 Å². The van der Waals surface area contributed by atoms with Crippen molar-refractivity contribution in [2.24, 2.45) is 5.92 Å². The predicted octanol–water partition coefficient (Wildman–Crippen LogP) is 2.66. The van der Waals surface area contributed by atoms with E-state index in [-0.39, 0.29) is 22.4 Å². The van der Waals surface area contributed by atoms with Crippen molar-refractivity contribution in [1.82, 2.24) is 15.4 Å². The lowest BCUT2D eigenvalue weighted by atomic mass is 10.1. The molecule has 0 unspecified atom stereocenters. The number of halogens is 3. The minimum absolute atomic E-state index is 0.0415. The van der Waals surface area contributed by atoms with Crippen molar-refractivity contribution in [3.05, 3.63) is 52.9 Å². The summed E-state index contributed by atoms with van der Waals surface area (Å²) in [6, 6.07) is 3.66. The predicted molar refractivity (Wildman–Crippen MR) is 76.0 cm³/mol. The molecule has 0 saturated heterocycles. The van der Waals surface area contributed by atoms with Crippen molar-refractivity contribution < 1.29 is 13.6 Å². The number of rotatable bonds is 4. The molecular formula is C14H11ClF2N4O. The van der Waals surface area contributed by atoms with Gasteiger partial charge in [0, 0.05) is 29.8 Å². The summed E-state index contributed by atoms with van der Waals surface area (Å²) in [5, 5.41) is 0.107. The molecule has 1 amide bonds. The molecule has 1 heterocycles. The van der Waals surface area contributed by atoms with Gasteiger partial charge < -0.3 is 0 Å². The molecule has 114 valence electrons. The third kappa shape index (κ3) is 2.85. The number of hydrazine groups is 1. The average Bonchev–Trinajstić information content (AvgIpc) is 3.26. The highest BCUT2D eigenvalue weighted by atomic mass is 35.5. The third-order valence-electron chi connectivity index (χ3n) is 3.46. The number of benzene rings is 1. The Morgan fingerprint density at radius 2 is 1.91 bits per heavy atom. The summed E-state index contributed by atoms with van der Waals surface area (Å²) >= 11 is 5.78. The van der Waals surface area contributed by atoms with E-state index in [4.69, 9.17) is 11.6 Å². The van der Waals surface area contributed by atoms with Crippen molar-refractivity contribution >= 4 is 23.3 Å². The lowest BCUT2D eigenvalue weighted by Gasteiger charge is -2.08. The molecular weight excluding hydrogens is 314 g/mol. The van der Waals surface area contributed by atoms with Gasteiger partial charge in [-0.05, 0) is 18.6 Å². The van der Waals surface area contributed by atoms with E-state index in [0.717, 1.165) is 0 Å². The maximum atomic E-state index is 13.7. The molecule has 1 fully saturated rings. The molecule has 1 saturated carbocycles. The molecule has 0 aliphatic heterocycles. The van der Waals surface area contributed by atoms with Gasteiger partial charge in [0.15, 0.2) is 11.0 Å². The fourth-order valence-corrected chi connectivity index (χ4v) is 2.44. The molecule has 1 aromatic heterocycles. The first-order chi connectivity index (χ1) is 10.6. The van der Waals surface area contributed by atoms with Crippen molar-refractivity contribution in [1.29, 1.82) is 0 Å². The number of carbonyl (C=O) groups excluding carboxylic acids is 1. The topological polar surface area (TPSA) is 66.9 Å². The largest absolute Gasteiger partial charge is 0.279 e. The Labute approximate surface area is 129 Å². The molecule has 1 aliphatic rings. The minimum atomic E-state index is -0.634. The normalized spacial score (nSPS) is 19.6. The van der Waals surface area contributed by atoms with E-state index in [1.54, 1.807) is 0 Å². The highest BCUT2D eigenvalue weighted by molar-refractivity contribution is 6.31. The van der Waals surface area contributed by atoms with Crippen LogP contribution in [0.3, 0.4) is 0 Å². The first-order valence-electron chi connectivity index (χ1n) is 6.54. The lowest BCUT2D eigenvalue weighted by molar-refractivity contribution is -0.121. The van der Waals surface area contributed by atoms with Crippen LogP contribution in [-0.4, -0.2) is 15.9 Å². The minimum Gasteiger partial charge on any atom is -0.279 e. The fraction of sp³-hybridized carbons (Fsp3) is 0.214. The third-order valence-corrected chi connectivity index (χ3v) is 3.73.